The Morgan fingerprint density at radius 2 is 2.00 bits per heavy atom. The molecule has 1 N–H and O–H groups in total. The molecule has 2 atom stereocenters. The molecule has 7 nitrogen and oxygen atoms in total. The Bertz CT molecular complexity index is 647. The number of nitrogens with one attached hydrogen (secondary N) is 1. The van der Waals surface area contributed by atoms with Gasteiger partial charge in [-0.25, -0.2) is 4.79 Å². The zero-order chi connectivity index (χ0) is 20.1. The molecule has 1 aromatic rings. The number of carbonyl (C=O) groups is 2. The van der Waals surface area contributed by atoms with Crippen LogP contribution in [-0.4, -0.2) is 60.1 Å². The van der Waals surface area contributed by atoms with Crippen molar-refractivity contribution in [3.63, 3.8) is 0 Å². The minimum atomic E-state index is -0.529. The minimum absolute atomic E-state index is 0.00371. The zero-order valence-electron chi connectivity index (χ0n) is 17.3. The molecular weight excluding hydrogens is 358 g/mol. The van der Waals surface area contributed by atoms with Gasteiger partial charge in [-0.1, -0.05) is 0 Å². The molecule has 0 aromatic carbocycles. The second-order valence-electron chi connectivity index (χ2n) is 8.78. The molecule has 3 heterocycles. The number of likely N-dealkylation sites (tertiary alicyclic amines) is 2. The molecule has 3 rings (SSSR count). The second kappa shape index (κ2) is 8.99. The average Bonchev–Trinajstić information content (AvgIpc) is 3.35. The van der Waals surface area contributed by atoms with Crippen molar-refractivity contribution >= 4 is 12.0 Å². The van der Waals surface area contributed by atoms with E-state index in [1.165, 1.54) is 12.8 Å². The van der Waals surface area contributed by atoms with Crippen LogP contribution in [0.1, 0.15) is 58.3 Å². The van der Waals surface area contributed by atoms with Gasteiger partial charge in [0.15, 0.2) is 0 Å². The van der Waals surface area contributed by atoms with Crippen LogP contribution in [0, 0.1) is 5.92 Å². The largest absolute Gasteiger partial charge is 0.468 e. The molecule has 2 saturated heterocycles. The van der Waals surface area contributed by atoms with Gasteiger partial charge in [-0.2, -0.15) is 0 Å². The molecular formula is C21H33N3O4. The van der Waals surface area contributed by atoms with E-state index >= 15 is 0 Å². The van der Waals surface area contributed by atoms with E-state index in [1.807, 2.05) is 32.9 Å². The lowest BCUT2D eigenvalue weighted by Gasteiger charge is -2.34. The fraction of sp³-hybridized carbons (Fsp3) is 0.714. The summed E-state index contributed by atoms with van der Waals surface area (Å²) in [5.41, 5.74) is -0.529. The predicted molar refractivity (Wildman–Crippen MR) is 106 cm³/mol. The first-order chi connectivity index (χ1) is 13.3. The predicted octanol–water partition coefficient (Wildman–Crippen LogP) is 3.18. The zero-order valence-corrected chi connectivity index (χ0v) is 17.3. The summed E-state index contributed by atoms with van der Waals surface area (Å²) in [4.78, 5) is 29.2. The third-order valence-corrected chi connectivity index (χ3v) is 5.37. The van der Waals surface area contributed by atoms with Crippen LogP contribution in [0.5, 0.6) is 0 Å². The maximum absolute atomic E-state index is 12.8. The van der Waals surface area contributed by atoms with E-state index < -0.39 is 5.60 Å². The highest BCUT2D eigenvalue weighted by atomic mass is 16.6. The third-order valence-electron chi connectivity index (χ3n) is 5.37. The van der Waals surface area contributed by atoms with Gasteiger partial charge in [0.05, 0.1) is 18.2 Å². The SMILES string of the molecule is CC(C)(C)OC(=O)N1CCC[C@@H](C(=O)NC[C@H](c2ccco2)N2CCCC2)C1. The Kier molecular flexibility index (Phi) is 6.65. The van der Waals surface area contributed by atoms with Crippen LogP contribution < -0.4 is 5.32 Å². The fourth-order valence-corrected chi connectivity index (χ4v) is 3.97. The minimum Gasteiger partial charge on any atom is -0.468 e. The Hall–Kier alpha value is -2.02. The molecule has 28 heavy (non-hydrogen) atoms. The van der Waals surface area contributed by atoms with Crippen molar-refractivity contribution in [1.29, 1.82) is 0 Å². The Labute approximate surface area is 167 Å². The van der Waals surface area contributed by atoms with Crippen LogP contribution in [0.15, 0.2) is 22.8 Å². The number of piperidine rings is 1. The summed E-state index contributed by atoms with van der Waals surface area (Å²) in [6.45, 7) is 9.19. The van der Waals surface area contributed by atoms with E-state index in [-0.39, 0.29) is 24.0 Å². The van der Waals surface area contributed by atoms with Crippen molar-refractivity contribution in [2.75, 3.05) is 32.7 Å². The third kappa shape index (κ3) is 5.50. The summed E-state index contributed by atoms with van der Waals surface area (Å²) in [7, 11) is 0. The average molecular weight is 392 g/mol. The maximum Gasteiger partial charge on any atom is 0.410 e. The molecule has 1 aromatic heterocycles. The highest BCUT2D eigenvalue weighted by molar-refractivity contribution is 5.80. The normalized spacial score (nSPS) is 22.1. The highest BCUT2D eigenvalue weighted by Crippen LogP contribution is 2.25. The molecule has 0 saturated carbocycles. The first kappa shape index (κ1) is 20.7. The van der Waals surface area contributed by atoms with Gasteiger partial charge in [-0.15, -0.1) is 0 Å². The Morgan fingerprint density at radius 3 is 2.64 bits per heavy atom. The Balaban J connectivity index is 1.55. The van der Waals surface area contributed by atoms with Crippen molar-refractivity contribution in [2.24, 2.45) is 5.92 Å². The van der Waals surface area contributed by atoms with E-state index in [4.69, 9.17) is 9.15 Å². The molecule has 0 bridgehead atoms. The number of furan rings is 1. The number of nitrogens with zero attached hydrogens (tertiary/aromatic N) is 2. The quantitative estimate of drug-likeness (QED) is 0.834. The van der Waals surface area contributed by atoms with Gasteiger partial charge >= 0.3 is 6.09 Å². The van der Waals surface area contributed by atoms with Gasteiger partial charge in [-0.05, 0) is 71.7 Å². The van der Waals surface area contributed by atoms with Crippen LogP contribution in [0.3, 0.4) is 0 Å². The highest BCUT2D eigenvalue weighted by Gasteiger charge is 2.32. The van der Waals surface area contributed by atoms with E-state index in [0.29, 0.717) is 19.6 Å². The molecule has 0 aliphatic carbocycles. The molecule has 0 unspecified atom stereocenters. The van der Waals surface area contributed by atoms with Gasteiger partial charge in [0.2, 0.25) is 5.91 Å². The van der Waals surface area contributed by atoms with E-state index in [0.717, 1.165) is 31.7 Å². The van der Waals surface area contributed by atoms with E-state index in [2.05, 4.69) is 10.2 Å². The first-order valence-corrected chi connectivity index (χ1v) is 10.4. The molecule has 156 valence electrons. The van der Waals surface area contributed by atoms with Crippen LogP contribution in [-0.2, 0) is 9.53 Å². The van der Waals surface area contributed by atoms with Crippen LogP contribution >= 0.6 is 0 Å². The monoisotopic (exact) mass is 391 g/mol. The summed E-state index contributed by atoms with van der Waals surface area (Å²) in [5, 5.41) is 3.11. The molecule has 0 radical (unpaired) electrons. The fourth-order valence-electron chi connectivity index (χ4n) is 3.97. The number of amides is 2. The van der Waals surface area contributed by atoms with Crippen molar-refractivity contribution in [3.05, 3.63) is 24.2 Å². The van der Waals surface area contributed by atoms with E-state index in [1.54, 1.807) is 11.2 Å². The van der Waals surface area contributed by atoms with Gasteiger partial charge in [0, 0.05) is 19.6 Å². The summed E-state index contributed by atoms with van der Waals surface area (Å²) in [5.74, 6) is 0.697. The molecule has 2 fully saturated rings. The number of rotatable bonds is 5. The van der Waals surface area contributed by atoms with Crippen molar-refractivity contribution in [3.8, 4) is 0 Å². The first-order valence-electron chi connectivity index (χ1n) is 10.4. The molecule has 2 amide bonds. The Morgan fingerprint density at radius 1 is 1.25 bits per heavy atom. The van der Waals surface area contributed by atoms with Gasteiger partial charge < -0.3 is 19.4 Å². The van der Waals surface area contributed by atoms with Crippen molar-refractivity contribution in [1.82, 2.24) is 15.1 Å². The smallest absolute Gasteiger partial charge is 0.410 e. The lowest BCUT2D eigenvalue weighted by Crippen LogP contribution is -2.48. The van der Waals surface area contributed by atoms with Crippen molar-refractivity contribution in [2.45, 2.75) is 58.1 Å². The van der Waals surface area contributed by atoms with Crippen LogP contribution in [0.2, 0.25) is 0 Å². The lowest BCUT2D eigenvalue weighted by atomic mass is 9.97. The van der Waals surface area contributed by atoms with Crippen molar-refractivity contribution < 1.29 is 18.7 Å². The van der Waals surface area contributed by atoms with Crippen LogP contribution in [0.25, 0.3) is 0 Å². The van der Waals surface area contributed by atoms with Crippen LogP contribution in [0.4, 0.5) is 4.79 Å². The summed E-state index contributed by atoms with van der Waals surface area (Å²) in [6.07, 6.45) is 5.30. The number of hydrogen-bond donors (Lipinski definition) is 1. The molecule has 2 aliphatic rings. The summed E-state index contributed by atoms with van der Waals surface area (Å²) < 4.78 is 11.1. The molecule has 7 heteroatoms. The molecule has 2 aliphatic heterocycles. The number of hydrogen-bond acceptors (Lipinski definition) is 5. The summed E-state index contributed by atoms with van der Waals surface area (Å²) in [6, 6.07) is 3.92. The maximum atomic E-state index is 12.8. The second-order valence-corrected chi connectivity index (χ2v) is 8.78. The number of ether oxygens (including phenoxy) is 1. The summed E-state index contributed by atoms with van der Waals surface area (Å²) >= 11 is 0. The standard InChI is InChI=1S/C21H33N3O4/c1-21(2,3)28-20(26)24-12-6-8-16(15-24)19(25)22-14-17(18-9-7-13-27-18)23-10-4-5-11-23/h7,9,13,16-17H,4-6,8,10-12,14-15H2,1-3H3,(H,22,25)/t16-,17-/m1/s1. The lowest BCUT2D eigenvalue weighted by molar-refractivity contribution is -0.126. The van der Waals surface area contributed by atoms with Gasteiger partial charge in [-0.3, -0.25) is 9.69 Å². The van der Waals surface area contributed by atoms with Gasteiger partial charge in [0.25, 0.3) is 0 Å². The van der Waals surface area contributed by atoms with E-state index in [9.17, 15) is 9.59 Å². The van der Waals surface area contributed by atoms with Gasteiger partial charge in [0.1, 0.15) is 11.4 Å². The topological polar surface area (TPSA) is 75.0 Å². The number of carbonyl (C=O) groups excluding carboxylic acids is 2. The molecule has 0 spiro atoms.